The molecule has 0 aromatic heterocycles. The first-order valence-electron chi connectivity index (χ1n) is 7.22. The van der Waals surface area contributed by atoms with Crippen LogP contribution in [0.1, 0.15) is 6.42 Å². The van der Waals surface area contributed by atoms with Crippen LogP contribution in [0.2, 0.25) is 10.0 Å². The fourth-order valence-electron chi connectivity index (χ4n) is 2.93. The summed E-state index contributed by atoms with van der Waals surface area (Å²) in [5.74, 6) is -0.361. The summed E-state index contributed by atoms with van der Waals surface area (Å²) < 4.78 is 0. The molecule has 0 saturated carbocycles. The first-order chi connectivity index (χ1) is 10.5. The number of hydrogen-bond acceptors (Lipinski definition) is 4. The molecule has 0 bridgehead atoms. The minimum Gasteiger partial charge on any atom is -0.304 e. The minimum absolute atomic E-state index is 0.173. The number of piperazine rings is 1. The fourth-order valence-corrected chi connectivity index (χ4v) is 3.22. The average molecular weight is 342 g/mol. The summed E-state index contributed by atoms with van der Waals surface area (Å²) in [6, 6.07) is 4.45. The van der Waals surface area contributed by atoms with Gasteiger partial charge in [-0.25, -0.2) is 4.90 Å². The Morgan fingerprint density at radius 3 is 2.36 bits per heavy atom. The van der Waals surface area contributed by atoms with Crippen molar-refractivity contribution in [3.8, 4) is 0 Å². The Bertz CT molecular complexity index is 615. The van der Waals surface area contributed by atoms with Gasteiger partial charge >= 0.3 is 0 Å². The zero-order valence-electron chi connectivity index (χ0n) is 12.3. The largest absolute Gasteiger partial charge is 0.304 e. The Morgan fingerprint density at radius 2 is 1.73 bits per heavy atom. The van der Waals surface area contributed by atoms with Crippen molar-refractivity contribution in [2.24, 2.45) is 0 Å². The topological polar surface area (TPSA) is 43.9 Å². The van der Waals surface area contributed by atoms with Crippen LogP contribution in [0, 0.1) is 0 Å². The number of anilines is 1. The van der Waals surface area contributed by atoms with Gasteiger partial charge in [0.05, 0.1) is 28.2 Å². The number of nitrogens with zero attached hydrogens (tertiary/aromatic N) is 3. The lowest BCUT2D eigenvalue weighted by atomic mass is 10.2. The van der Waals surface area contributed by atoms with Crippen LogP contribution in [0.15, 0.2) is 18.2 Å². The highest BCUT2D eigenvalue weighted by molar-refractivity contribution is 6.42. The molecule has 0 unspecified atom stereocenters. The Hall–Kier alpha value is -1.14. The minimum atomic E-state index is -0.365. The molecule has 1 aromatic rings. The second kappa shape index (κ2) is 6.16. The predicted molar refractivity (Wildman–Crippen MR) is 86.4 cm³/mol. The van der Waals surface area contributed by atoms with Crippen LogP contribution >= 0.6 is 23.2 Å². The van der Waals surface area contributed by atoms with Crippen molar-refractivity contribution in [2.75, 3.05) is 38.1 Å². The van der Waals surface area contributed by atoms with Gasteiger partial charge in [0.2, 0.25) is 5.91 Å². The van der Waals surface area contributed by atoms with Crippen LogP contribution in [0.5, 0.6) is 0 Å². The van der Waals surface area contributed by atoms with Crippen molar-refractivity contribution >= 4 is 40.7 Å². The molecule has 7 heteroatoms. The maximum atomic E-state index is 12.7. The van der Waals surface area contributed by atoms with E-state index in [1.54, 1.807) is 18.2 Å². The molecule has 2 heterocycles. The van der Waals surface area contributed by atoms with Gasteiger partial charge in [0.25, 0.3) is 5.91 Å². The van der Waals surface area contributed by atoms with Crippen LogP contribution in [0.25, 0.3) is 0 Å². The third kappa shape index (κ3) is 2.86. The van der Waals surface area contributed by atoms with Crippen molar-refractivity contribution in [1.29, 1.82) is 0 Å². The highest BCUT2D eigenvalue weighted by Gasteiger charge is 2.43. The van der Waals surface area contributed by atoms with Crippen molar-refractivity contribution in [3.05, 3.63) is 28.2 Å². The number of amides is 2. The Labute approximate surface area is 139 Å². The maximum absolute atomic E-state index is 12.7. The van der Waals surface area contributed by atoms with Crippen LogP contribution in [0.4, 0.5) is 5.69 Å². The van der Waals surface area contributed by atoms with Gasteiger partial charge in [-0.15, -0.1) is 0 Å². The summed E-state index contributed by atoms with van der Waals surface area (Å²) in [5, 5.41) is 0.739. The third-order valence-corrected chi connectivity index (χ3v) is 5.00. The molecule has 2 amide bonds. The number of carbonyl (C=O) groups is 2. The Kier molecular flexibility index (Phi) is 4.41. The van der Waals surface area contributed by atoms with E-state index in [-0.39, 0.29) is 24.3 Å². The van der Waals surface area contributed by atoms with Gasteiger partial charge in [0.1, 0.15) is 0 Å². The quantitative estimate of drug-likeness (QED) is 0.770. The van der Waals surface area contributed by atoms with Crippen LogP contribution < -0.4 is 4.90 Å². The molecule has 2 fully saturated rings. The Balaban J connectivity index is 1.80. The Morgan fingerprint density at radius 1 is 1.05 bits per heavy atom. The average Bonchev–Trinajstić information content (AvgIpc) is 2.78. The standard InChI is InChI=1S/C15H17Cl2N3O2/c1-18-4-6-19(7-5-18)13-9-14(21)20(15(13)22)10-2-3-11(16)12(17)8-10/h2-3,8,13H,4-7,9H2,1H3/t13-/m0/s1. The molecule has 0 radical (unpaired) electrons. The normalized spacial score (nSPS) is 24.3. The van der Waals surface area contributed by atoms with E-state index >= 15 is 0 Å². The molecule has 2 aliphatic heterocycles. The zero-order valence-corrected chi connectivity index (χ0v) is 13.8. The number of rotatable bonds is 2. The van der Waals surface area contributed by atoms with Crippen LogP contribution in [0.3, 0.4) is 0 Å². The first-order valence-corrected chi connectivity index (χ1v) is 7.97. The number of imide groups is 1. The lowest BCUT2D eigenvalue weighted by Crippen LogP contribution is -2.51. The smallest absolute Gasteiger partial charge is 0.251 e. The van der Waals surface area contributed by atoms with E-state index in [9.17, 15) is 9.59 Å². The van der Waals surface area contributed by atoms with Crippen molar-refractivity contribution < 1.29 is 9.59 Å². The monoisotopic (exact) mass is 341 g/mol. The van der Waals surface area contributed by atoms with Gasteiger partial charge in [0, 0.05) is 26.2 Å². The van der Waals surface area contributed by atoms with E-state index in [1.807, 2.05) is 0 Å². The molecule has 0 spiro atoms. The number of likely N-dealkylation sites (N-methyl/N-ethyl adjacent to an activating group) is 1. The second-order valence-corrected chi connectivity index (χ2v) is 6.54. The molecule has 2 aliphatic rings. The molecule has 1 atom stereocenters. The molecular formula is C15H17Cl2N3O2. The predicted octanol–water partition coefficient (Wildman–Crippen LogP) is 1.87. The third-order valence-electron chi connectivity index (χ3n) is 4.26. The summed E-state index contributed by atoms with van der Waals surface area (Å²) >= 11 is 11.9. The molecule has 118 valence electrons. The van der Waals surface area contributed by atoms with Crippen molar-refractivity contribution in [1.82, 2.24) is 9.80 Å². The zero-order chi connectivity index (χ0) is 15.9. The lowest BCUT2D eigenvalue weighted by Gasteiger charge is -2.35. The molecular weight excluding hydrogens is 325 g/mol. The van der Waals surface area contributed by atoms with Crippen molar-refractivity contribution in [3.63, 3.8) is 0 Å². The summed E-state index contributed by atoms with van der Waals surface area (Å²) in [4.78, 5) is 30.5. The molecule has 1 aromatic carbocycles. The maximum Gasteiger partial charge on any atom is 0.251 e. The van der Waals surface area contributed by atoms with E-state index in [1.165, 1.54) is 4.90 Å². The molecule has 3 rings (SSSR count). The van der Waals surface area contributed by atoms with Gasteiger partial charge in [-0.05, 0) is 25.2 Å². The van der Waals surface area contributed by atoms with Crippen LogP contribution in [-0.4, -0.2) is 60.9 Å². The molecule has 2 saturated heterocycles. The SMILES string of the molecule is CN1CCN([C@H]2CC(=O)N(c3ccc(Cl)c(Cl)c3)C2=O)CC1. The van der Waals surface area contributed by atoms with Crippen molar-refractivity contribution in [2.45, 2.75) is 12.5 Å². The number of hydrogen-bond donors (Lipinski definition) is 0. The van der Waals surface area contributed by atoms with Gasteiger partial charge in [-0.3, -0.25) is 14.5 Å². The van der Waals surface area contributed by atoms with Gasteiger partial charge in [0.15, 0.2) is 0 Å². The molecule has 0 N–H and O–H groups in total. The van der Waals surface area contributed by atoms with Gasteiger partial charge in [-0.2, -0.15) is 0 Å². The van der Waals surface area contributed by atoms with E-state index < -0.39 is 0 Å². The molecule has 22 heavy (non-hydrogen) atoms. The summed E-state index contributed by atoms with van der Waals surface area (Å²) in [5.41, 5.74) is 0.487. The molecule has 5 nitrogen and oxygen atoms in total. The highest BCUT2D eigenvalue weighted by atomic mass is 35.5. The summed E-state index contributed by atoms with van der Waals surface area (Å²) in [7, 11) is 2.06. The van der Waals surface area contributed by atoms with Gasteiger partial charge in [-0.1, -0.05) is 23.2 Å². The van der Waals surface area contributed by atoms with E-state index in [0.29, 0.717) is 15.7 Å². The summed E-state index contributed by atoms with van der Waals surface area (Å²) in [6.07, 6.45) is 0.225. The van der Waals surface area contributed by atoms with E-state index in [2.05, 4.69) is 16.8 Å². The van der Waals surface area contributed by atoms with E-state index in [4.69, 9.17) is 23.2 Å². The summed E-state index contributed by atoms with van der Waals surface area (Å²) in [6.45, 7) is 3.42. The lowest BCUT2D eigenvalue weighted by molar-refractivity contribution is -0.123. The van der Waals surface area contributed by atoms with E-state index in [0.717, 1.165) is 26.2 Å². The van der Waals surface area contributed by atoms with Crippen LogP contribution in [-0.2, 0) is 9.59 Å². The molecule has 0 aliphatic carbocycles. The van der Waals surface area contributed by atoms with Gasteiger partial charge < -0.3 is 4.90 Å². The number of halogens is 2. The number of carbonyl (C=O) groups excluding carboxylic acids is 2. The number of benzene rings is 1. The fraction of sp³-hybridized carbons (Fsp3) is 0.467. The highest BCUT2D eigenvalue weighted by Crippen LogP contribution is 2.31. The second-order valence-electron chi connectivity index (χ2n) is 5.72. The first kappa shape index (κ1) is 15.7.